The first-order valence-electron chi connectivity index (χ1n) is 13.6. The number of benzene rings is 2. The maximum absolute atomic E-state index is 13.5. The zero-order chi connectivity index (χ0) is 24.5. The summed E-state index contributed by atoms with van der Waals surface area (Å²) in [6, 6.07) is 17.9. The minimum Gasteiger partial charge on any atom is -0.368 e. The van der Waals surface area contributed by atoms with E-state index in [0.717, 1.165) is 49.9 Å². The van der Waals surface area contributed by atoms with Crippen LogP contribution in [0.25, 0.3) is 11.3 Å². The van der Waals surface area contributed by atoms with Gasteiger partial charge in [0.1, 0.15) is 5.69 Å². The highest BCUT2D eigenvalue weighted by Crippen LogP contribution is 2.29. The van der Waals surface area contributed by atoms with Crippen molar-refractivity contribution in [2.24, 2.45) is 7.05 Å². The summed E-state index contributed by atoms with van der Waals surface area (Å²) in [7, 11) is 1.88. The normalized spacial score (nSPS) is 19.4. The highest BCUT2D eigenvalue weighted by atomic mass is 16.2. The van der Waals surface area contributed by atoms with Gasteiger partial charge in [0.15, 0.2) is 0 Å². The summed E-state index contributed by atoms with van der Waals surface area (Å²) in [6.45, 7) is 5.58. The van der Waals surface area contributed by atoms with E-state index in [0.29, 0.717) is 5.56 Å². The van der Waals surface area contributed by atoms with Gasteiger partial charge in [0, 0.05) is 69.8 Å². The van der Waals surface area contributed by atoms with Gasteiger partial charge in [-0.3, -0.25) is 14.4 Å². The van der Waals surface area contributed by atoms with Crippen molar-refractivity contribution in [3.05, 3.63) is 71.4 Å². The van der Waals surface area contributed by atoms with Crippen molar-refractivity contribution in [3.63, 3.8) is 0 Å². The van der Waals surface area contributed by atoms with Gasteiger partial charge >= 0.3 is 0 Å². The van der Waals surface area contributed by atoms with E-state index in [1.807, 2.05) is 48.5 Å². The molecule has 3 heterocycles. The molecule has 188 valence electrons. The molecule has 0 N–H and O–H groups in total. The van der Waals surface area contributed by atoms with Crippen molar-refractivity contribution in [1.82, 2.24) is 19.6 Å². The molecular weight excluding hydrogens is 446 g/mol. The summed E-state index contributed by atoms with van der Waals surface area (Å²) in [4.78, 5) is 20.7. The van der Waals surface area contributed by atoms with Crippen LogP contribution >= 0.6 is 0 Å². The molecule has 0 spiro atoms. The van der Waals surface area contributed by atoms with Crippen LogP contribution in [0.2, 0.25) is 0 Å². The molecule has 1 aromatic heterocycles. The molecule has 1 saturated heterocycles. The molecule has 36 heavy (non-hydrogen) atoms. The van der Waals surface area contributed by atoms with Crippen molar-refractivity contribution in [2.75, 3.05) is 44.2 Å². The Kier molecular flexibility index (Phi) is 6.53. The van der Waals surface area contributed by atoms with Crippen LogP contribution in [0.1, 0.15) is 47.2 Å². The van der Waals surface area contributed by atoms with Crippen LogP contribution in [0.4, 0.5) is 5.69 Å². The second-order valence-electron chi connectivity index (χ2n) is 10.6. The molecule has 6 rings (SSSR count). The molecule has 6 nitrogen and oxygen atoms in total. The van der Waals surface area contributed by atoms with E-state index < -0.39 is 0 Å². The first-order valence-corrected chi connectivity index (χ1v) is 13.6. The van der Waals surface area contributed by atoms with Gasteiger partial charge in [-0.1, -0.05) is 49.2 Å². The molecule has 3 aromatic rings. The minimum absolute atomic E-state index is 0.0792. The maximum atomic E-state index is 13.5. The van der Waals surface area contributed by atoms with Crippen molar-refractivity contribution in [2.45, 2.75) is 44.6 Å². The zero-order valence-corrected chi connectivity index (χ0v) is 21.4. The number of hydrogen-bond acceptors (Lipinski definition) is 4. The van der Waals surface area contributed by atoms with Gasteiger partial charge in [-0.15, -0.1) is 0 Å². The summed E-state index contributed by atoms with van der Waals surface area (Å²) in [5, 5.41) is 4.59. The third kappa shape index (κ3) is 4.66. The molecule has 0 bridgehead atoms. The number of carbonyl (C=O) groups is 1. The molecule has 1 amide bonds. The number of piperazine rings is 1. The van der Waals surface area contributed by atoms with Crippen LogP contribution in [0.5, 0.6) is 0 Å². The van der Waals surface area contributed by atoms with Gasteiger partial charge in [0.2, 0.25) is 0 Å². The summed E-state index contributed by atoms with van der Waals surface area (Å²) in [6.07, 6.45) is 9.76. The molecule has 2 aromatic carbocycles. The Morgan fingerprint density at radius 3 is 2.33 bits per heavy atom. The topological polar surface area (TPSA) is 44.6 Å². The number of fused-ring (bicyclic) bond motifs is 1. The van der Waals surface area contributed by atoms with Gasteiger partial charge in [-0.05, 0) is 48.9 Å². The van der Waals surface area contributed by atoms with E-state index in [2.05, 4.69) is 33.1 Å². The third-order valence-corrected chi connectivity index (χ3v) is 8.41. The lowest BCUT2D eigenvalue weighted by molar-refractivity contribution is 0.0747. The molecular formula is C30H37N5O. The fraction of sp³-hybridized carbons (Fsp3) is 0.467. The predicted molar refractivity (Wildman–Crippen MR) is 144 cm³/mol. The van der Waals surface area contributed by atoms with Crippen LogP contribution in [-0.2, 0) is 19.9 Å². The smallest absolute Gasteiger partial charge is 0.257 e. The Morgan fingerprint density at radius 2 is 1.58 bits per heavy atom. The highest BCUT2D eigenvalue weighted by Gasteiger charge is 2.28. The number of carbonyl (C=O) groups excluding carboxylic acids is 1. The van der Waals surface area contributed by atoms with E-state index in [1.165, 1.54) is 62.0 Å². The Balaban J connectivity index is 1.11. The number of aromatic nitrogens is 2. The summed E-state index contributed by atoms with van der Waals surface area (Å²) < 4.78 is 1.75. The van der Waals surface area contributed by atoms with Crippen molar-refractivity contribution < 1.29 is 4.79 Å². The van der Waals surface area contributed by atoms with Crippen molar-refractivity contribution in [1.29, 1.82) is 0 Å². The number of rotatable bonds is 4. The molecule has 2 aliphatic heterocycles. The standard InChI is InChI=1S/C30H37N5O/c1-32-22-28(29(31-32)24-7-3-2-4-8-24)30(36)35-19-17-34(18-20-35)27-12-11-23-13-15-33(16-14-25(23)21-27)26-9-5-6-10-26/h2-4,7-8,11-12,21-22,26H,5-6,9-10,13-20H2,1H3. The lowest BCUT2D eigenvalue weighted by Crippen LogP contribution is -2.48. The largest absolute Gasteiger partial charge is 0.368 e. The number of nitrogens with zero attached hydrogens (tertiary/aromatic N) is 5. The Bertz CT molecular complexity index is 1210. The van der Waals surface area contributed by atoms with E-state index in [4.69, 9.17) is 0 Å². The molecule has 6 heteroatoms. The van der Waals surface area contributed by atoms with Crippen LogP contribution in [0.15, 0.2) is 54.7 Å². The van der Waals surface area contributed by atoms with Crippen LogP contribution in [0, 0.1) is 0 Å². The molecule has 1 aliphatic carbocycles. The molecule has 2 fully saturated rings. The fourth-order valence-electron chi connectivity index (χ4n) is 6.35. The summed E-state index contributed by atoms with van der Waals surface area (Å²) in [5.74, 6) is 0.0792. The van der Waals surface area contributed by atoms with Gasteiger partial charge < -0.3 is 9.80 Å². The number of aryl methyl sites for hydroxylation is 1. The third-order valence-electron chi connectivity index (χ3n) is 8.41. The molecule has 0 radical (unpaired) electrons. The average molecular weight is 484 g/mol. The molecule has 1 saturated carbocycles. The number of anilines is 1. The number of amides is 1. The van der Waals surface area contributed by atoms with Gasteiger partial charge in [-0.2, -0.15) is 5.10 Å². The maximum Gasteiger partial charge on any atom is 0.257 e. The minimum atomic E-state index is 0.0792. The molecule has 0 unspecified atom stereocenters. The first kappa shape index (κ1) is 23.3. The van der Waals surface area contributed by atoms with Gasteiger partial charge in [0.25, 0.3) is 5.91 Å². The Morgan fingerprint density at radius 1 is 0.861 bits per heavy atom. The Labute approximate surface area is 214 Å². The van der Waals surface area contributed by atoms with E-state index >= 15 is 0 Å². The van der Waals surface area contributed by atoms with E-state index in [-0.39, 0.29) is 5.91 Å². The summed E-state index contributed by atoms with van der Waals surface area (Å²) in [5.41, 5.74) is 6.79. The Hall–Kier alpha value is -3.12. The van der Waals surface area contributed by atoms with Crippen LogP contribution in [-0.4, -0.2) is 70.8 Å². The monoisotopic (exact) mass is 483 g/mol. The number of hydrogen-bond donors (Lipinski definition) is 0. The fourth-order valence-corrected chi connectivity index (χ4v) is 6.35. The van der Waals surface area contributed by atoms with Gasteiger partial charge in [-0.25, -0.2) is 0 Å². The summed E-state index contributed by atoms with van der Waals surface area (Å²) >= 11 is 0. The lowest BCUT2D eigenvalue weighted by Gasteiger charge is -2.36. The van der Waals surface area contributed by atoms with E-state index in [9.17, 15) is 4.79 Å². The SMILES string of the molecule is Cn1cc(C(=O)N2CCN(c3ccc4c(c3)CCN(C3CCCC3)CC4)CC2)c(-c2ccccc2)n1. The first-order chi connectivity index (χ1) is 17.7. The second-order valence-corrected chi connectivity index (χ2v) is 10.6. The van der Waals surface area contributed by atoms with Crippen LogP contribution < -0.4 is 4.90 Å². The van der Waals surface area contributed by atoms with Crippen molar-refractivity contribution in [3.8, 4) is 11.3 Å². The lowest BCUT2D eigenvalue weighted by atomic mass is 10.0. The van der Waals surface area contributed by atoms with Crippen molar-refractivity contribution >= 4 is 11.6 Å². The average Bonchev–Trinajstić information content (AvgIpc) is 3.54. The zero-order valence-electron chi connectivity index (χ0n) is 21.4. The predicted octanol–water partition coefficient (Wildman–Crippen LogP) is 4.39. The highest BCUT2D eigenvalue weighted by molar-refractivity contribution is 6.00. The molecule has 3 aliphatic rings. The quantitative estimate of drug-likeness (QED) is 0.552. The van der Waals surface area contributed by atoms with Gasteiger partial charge in [0.05, 0.1) is 5.56 Å². The van der Waals surface area contributed by atoms with Crippen LogP contribution in [0.3, 0.4) is 0 Å². The second kappa shape index (κ2) is 10.1. The molecule has 0 atom stereocenters. The van der Waals surface area contributed by atoms with E-state index in [1.54, 1.807) is 4.68 Å².